The minimum absolute atomic E-state index is 0.357. The Labute approximate surface area is 99.2 Å². The molecular formula is C11H16O6. The van der Waals surface area contributed by atoms with Crippen LogP contribution in [0.25, 0.3) is 0 Å². The summed E-state index contributed by atoms with van der Waals surface area (Å²) in [6.45, 7) is 6.44. The van der Waals surface area contributed by atoms with Gasteiger partial charge in [-0.3, -0.25) is 4.79 Å². The summed E-state index contributed by atoms with van der Waals surface area (Å²) in [5, 5.41) is 10.1. The number of esters is 2. The van der Waals surface area contributed by atoms with E-state index in [0.29, 0.717) is 5.57 Å². The van der Waals surface area contributed by atoms with E-state index in [9.17, 15) is 19.5 Å². The highest BCUT2D eigenvalue weighted by molar-refractivity contribution is 6.41. The third kappa shape index (κ3) is 2.71. The van der Waals surface area contributed by atoms with Crippen molar-refractivity contribution in [2.75, 3.05) is 14.2 Å². The fourth-order valence-electron chi connectivity index (χ4n) is 1.23. The van der Waals surface area contributed by atoms with Crippen molar-refractivity contribution >= 4 is 17.7 Å². The van der Waals surface area contributed by atoms with Crippen LogP contribution in [0.2, 0.25) is 0 Å². The van der Waals surface area contributed by atoms with Gasteiger partial charge in [0, 0.05) is 5.92 Å². The predicted octanol–water partition coefficient (Wildman–Crippen LogP) is -0.155. The molecule has 0 aromatic heterocycles. The lowest BCUT2D eigenvalue weighted by molar-refractivity contribution is -0.178. The van der Waals surface area contributed by atoms with Gasteiger partial charge in [-0.2, -0.15) is 0 Å². The maximum absolute atomic E-state index is 11.7. The number of hydrogen-bond acceptors (Lipinski definition) is 6. The molecule has 2 unspecified atom stereocenters. The first-order valence-electron chi connectivity index (χ1n) is 4.82. The van der Waals surface area contributed by atoms with Crippen LogP contribution in [0.5, 0.6) is 0 Å². The van der Waals surface area contributed by atoms with Crippen molar-refractivity contribution in [1.82, 2.24) is 0 Å². The first-order chi connectivity index (χ1) is 7.73. The van der Waals surface area contributed by atoms with Crippen LogP contribution in [0.1, 0.15) is 13.8 Å². The van der Waals surface area contributed by atoms with E-state index in [1.807, 2.05) is 0 Å². The smallest absolute Gasteiger partial charge is 0.378 e. The Bertz CT molecular complexity index is 359. The summed E-state index contributed by atoms with van der Waals surface area (Å²) >= 11 is 0. The van der Waals surface area contributed by atoms with Gasteiger partial charge in [0.25, 0.3) is 5.78 Å². The van der Waals surface area contributed by atoms with Crippen molar-refractivity contribution in [2.24, 2.45) is 5.92 Å². The molecule has 0 radical (unpaired) electrons. The molecule has 2 atom stereocenters. The summed E-state index contributed by atoms with van der Waals surface area (Å²) in [5.41, 5.74) is -2.25. The number of Topliss-reactive ketones (excluding diaryl/α,β-unsaturated/α-hetero) is 1. The maximum Gasteiger partial charge on any atom is 0.378 e. The molecule has 1 N–H and O–H groups in total. The van der Waals surface area contributed by atoms with Crippen molar-refractivity contribution in [3.63, 3.8) is 0 Å². The number of aliphatic hydroxyl groups is 1. The number of rotatable bonds is 5. The third-order valence-electron chi connectivity index (χ3n) is 2.58. The molecule has 0 rings (SSSR count). The van der Waals surface area contributed by atoms with Crippen LogP contribution < -0.4 is 0 Å². The monoisotopic (exact) mass is 244 g/mol. The fraction of sp³-hybridized carbons (Fsp3) is 0.545. The highest BCUT2D eigenvalue weighted by atomic mass is 16.5. The molecule has 0 spiro atoms. The van der Waals surface area contributed by atoms with E-state index in [1.54, 1.807) is 0 Å². The number of hydrogen-bond donors (Lipinski definition) is 1. The van der Waals surface area contributed by atoms with E-state index in [4.69, 9.17) is 0 Å². The van der Waals surface area contributed by atoms with Gasteiger partial charge in [0.1, 0.15) is 0 Å². The lowest BCUT2D eigenvalue weighted by atomic mass is 9.81. The zero-order valence-corrected chi connectivity index (χ0v) is 10.3. The molecular weight excluding hydrogens is 228 g/mol. The van der Waals surface area contributed by atoms with Crippen molar-refractivity contribution in [3.05, 3.63) is 12.2 Å². The number of methoxy groups -OCH3 is 2. The van der Waals surface area contributed by atoms with Crippen LogP contribution in [0, 0.1) is 5.92 Å². The van der Waals surface area contributed by atoms with Gasteiger partial charge in [0.2, 0.25) is 5.60 Å². The summed E-state index contributed by atoms with van der Waals surface area (Å²) in [6, 6.07) is 0. The van der Waals surface area contributed by atoms with Gasteiger partial charge in [-0.25, -0.2) is 9.59 Å². The van der Waals surface area contributed by atoms with E-state index in [0.717, 1.165) is 14.2 Å². The Morgan fingerprint density at radius 1 is 1.24 bits per heavy atom. The fourth-order valence-corrected chi connectivity index (χ4v) is 1.23. The molecule has 96 valence electrons. The molecule has 6 heteroatoms. The van der Waals surface area contributed by atoms with Gasteiger partial charge in [-0.05, 0) is 6.92 Å². The largest absolute Gasteiger partial charge is 0.467 e. The summed E-state index contributed by atoms with van der Waals surface area (Å²) in [5.74, 6) is -4.88. The van der Waals surface area contributed by atoms with Crippen LogP contribution in [0.15, 0.2) is 12.2 Å². The van der Waals surface area contributed by atoms with Gasteiger partial charge in [-0.1, -0.05) is 19.1 Å². The van der Waals surface area contributed by atoms with Crippen LogP contribution in [-0.2, 0) is 23.9 Å². The van der Waals surface area contributed by atoms with Gasteiger partial charge in [0.05, 0.1) is 14.2 Å². The van der Waals surface area contributed by atoms with Crippen molar-refractivity contribution in [2.45, 2.75) is 19.4 Å². The average Bonchev–Trinajstić information content (AvgIpc) is 2.33. The van der Waals surface area contributed by atoms with E-state index < -0.39 is 29.2 Å². The molecule has 0 saturated carbocycles. The lowest BCUT2D eigenvalue weighted by Crippen LogP contribution is -2.55. The third-order valence-corrected chi connectivity index (χ3v) is 2.58. The summed E-state index contributed by atoms with van der Waals surface area (Å²) < 4.78 is 8.54. The first-order valence-corrected chi connectivity index (χ1v) is 4.82. The highest BCUT2D eigenvalue weighted by Crippen LogP contribution is 2.26. The Kier molecular flexibility index (Phi) is 5.03. The summed E-state index contributed by atoms with van der Waals surface area (Å²) in [6.07, 6.45) is 0. The van der Waals surface area contributed by atoms with E-state index in [2.05, 4.69) is 16.1 Å². The zero-order chi connectivity index (χ0) is 13.8. The molecule has 0 bridgehead atoms. The Morgan fingerprint density at radius 2 is 1.71 bits per heavy atom. The van der Waals surface area contributed by atoms with E-state index >= 15 is 0 Å². The molecule has 0 amide bonds. The molecule has 0 aromatic carbocycles. The molecule has 17 heavy (non-hydrogen) atoms. The standard InChI is InChI=1S/C11H16O6/c1-6(2)7(3)11(15,10(14)17-5)8(12)9(13)16-4/h7,15H,1H2,2-5H3. The Balaban J connectivity index is 5.55. The number of carbonyl (C=O) groups excluding carboxylic acids is 3. The van der Waals surface area contributed by atoms with Crippen LogP contribution >= 0.6 is 0 Å². The SMILES string of the molecule is C=C(C)C(C)C(O)(C(=O)OC)C(=O)C(=O)OC. The molecule has 0 fully saturated rings. The second kappa shape index (κ2) is 5.58. The molecule has 0 aliphatic rings. The van der Waals surface area contributed by atoms with Crippen LogP contribution in [0.3, 0.4) is 0 Å². The molecule has 0 aromatic rings. The van der Waals surface area contributed by atoms with Gasteiger partial charge in [0.15, 0.2) is 0 Å². The van der Waals surface area contributed by atoms with Crippen molar-refractivity contribution in [3.8, 4) is 0 Å². The molecule has 0 aliphatic heterocycles. The Morgan fingerprint density at radius 3 is 2.00 bits per heavy atom. The highest BCUT2D eigenvalue weighted by Gasteiger charge is 2.53. The maximum atomic E-state index is 11.7. The van der Waals surface area contributed by atoms with Crippen LogP contribution in [-0.4, -0.2) is 42.6 Å². The minimum Gasteiger partial charge on any atom is -0.467 e. The normalized spacial score (nSPS) is 15.4. The van der Waals surface area contributed by atoms with Crippen molar-refractivity contribution < 1.29 is 29.0 Å². The van der Waals surface area contributed by atoms with Gasteiger partial charge < -0.3 is 14.6 Å². The quantitative estimate of drug-likeness (QED) is 0.313. The minimum atomic E-state index is -2.60. The van der Waals surface area contributed by atoms with Crippen LogP contribution in [0.4, 0.5) is 0 Å². The number of ketones is 1. The second-order valence-electron chi connectivity index (χ2n) is 3.65. The predicted molar refractivity (Wildman–Crippen MR) is 58.0 cm³/mol. The van der Waals surface area contributed by atoms with Gasteiger partial charge >= 0.3 is 11.9 Å². The number of carbonyl (C=O) groups is 3. The first kappa shape index (κ1) is 15.3. The van der Waals surface area contributed by atoms with E-state index in [1.165, 1.54) is 13.8 Å². The topological polar surface area (TPSA) is 89.9 Å². The van der Waals surface area contributed by atoms with E-state index in [-0.39, 0.29) is 0 Å². The molecule has 0 saturated heterocycles. The van der Waals surface area contributed by atoms with Gasteiger partial charge in [-0.15, -0.1) is 0 Å². The average molecular weight is 244 g/mol. The lowest BCUT2D eigenvalue weighted by Gasteiger charge is -2.28. The number of ether oxygens (including phenoxy) is 2. The molecule has 6 nitrogen and oxygen atoms in total. The summed E-state index contributed by atoms with van der Waals surface area (Å²) in [7, 11) is 1.98. The van der Waals surface area contributed by atoms with Crippen molar-refractivity contribution in [1.29, 1.82) is 0 Å². The molecule has 0 aliphatic carbocycles. The second-order valence-corrected chi connectivity index (χ2v) is 3.65. The Hall–Kier alpha value is -1.69. The summed E-state index contributed by atoms with van der Waals surface area (Å²) in [4.78, 5) is 34.3. The molecule has 0 heterocycles. The zero-order valence-electron chi connectivity index (χ0n) is 10.3.